The second-order valence-corrected chi connectivity index (χ2v) is 12.6. The molecule has 10 nitrogen and oxygen atoms in total. The Hall–Kier alpha value is -4.04. The fraction of sp³-hybridized carbons (Fsp3) is 0.382. The van der Waals surface area contributed by atoms with Gasteiger partial charge < -0.3 is 34.5 Å². The van der Waals surface area contributed by atoms with E-state index < -0.39 is 22.8 Å². The lowest BCUT2D eigenvalue weighted by molar-refractivity contribution is -0.139. The number of ether oxygens (including phenoxy) is 4. The maximum atomic E-state index is 13.2. The van der Waals surface area contributed by atoms with Crippen LogP contribution in [0.5, 0.6) is 17.2 Å². The molecule has 2 amide bonds. The zero-order valence-corrected chi connectivity index (χ0v) is 28.5. The first-order chi connectivity index (χ1) is 23.4. The molecule has 0 unspecified atom stereocenters. The number of carbonyl (C=O) groups excluding carboxylic acids is 1. The van der Waals surface area contributed by atoms with Crippen molar-refractivity contribution in [3.05, 3.63) is 69.7 Å². The van der Waals surface area contributed by atoms with E-state index in [1.54, 1.807) is 19.2 Å². The van der Waals surface area contributed by atoms with Gasteiger partial charge in [0.2, 0.25) is 5.90 Å². The number of anilines is 2. The van der Waals surface area contributed by atoms with Crippen molar-refractivity contribution in [2.75, 3.05) is 64.2 Å². The molecule has 262 valence electrons. The molecule has 0 aliphatic carbocycles. The average Bonchev–Trinajstić information content (AvgIpc) is 3.06. The topological polar surface area (TPSA) is 106 Å². The summed E-state index contributed by atoms with van der Waals surface area (Å²) >= 11 is 12.1. The quantitative estimate of drug-likeness (QED) is 0.117. The lowest BCUT2D eigenvalue weighted by Crippen LogP contribution is -2.51. The molecule has 2 heterocycles. The van der Waals surface area contributed by atoms with Crippen LogP contribution in [0.4, 0.5) is 35.0 Å². The number of aliphatic imine (C=N–C) groups is 2. The van der Waals surface area contributed by atoms with Gasteiger partial charge in [-0.15, -0.1) is 0 Å². The number of amides is 2. The fourth-order valence-corrected chi connectivity index (χ4v) is 6.07. The third-order valence-electron chi connectivity index (χ3n) is 8.43. The van der Waals surface area contributed by atoms with Crippen molar-refractivity contribution < 1.29 is 36.9 Å². The molecule has 0 bridgehead atoms. The Morgan fingerprint density at radius 1 is 1.04 bits per heavy atom. The van der Waals surface area contributed by atoms with E-state index in [0.29, 0.717) is 34.8 Å². The molecule has 1 spiro atoms. The largest absolute Gasteiger partial charge is 0.493 e. The van der Waals surface area contributed by atoms with Gasteiger partial charge in [-0.3, -0.25) is 9.98 Å². The molecule has 2 aliphatic heterocycles. The van der Waals surface area contributed by atoms with E-state index in [4.69, 9.17) is 42.1 Å². The summed E-state index contributed by atoms with van der Waals surface area (Å²) in [6.45, 7) is 9.06. The smallest absolute Gasteiger partial charge is 0.417 e. The van der Waals surface area contributed by atoms with E-state index in [0.717, 1.165) is 51.4 Å². The normalized spacial score (nSPS) is 16.1. The van der Waals surface area contributed by atoms with Gasteiger partial charge in [-0.2, -0.15) is 13.2 Å². The van der Waals surface area contributed by atoms with Crippen molar-refractivity contribution in [1.29, 1.82) is 0 Å². The zero-order chi connectivity index (χ0) is 35.2. The minimum absolute atomic E-state index is 0.0969. The molecule has 0 atom stereocenters. The molecule has 3 aromatic rings. The van der Waals surface area contributed by atoms with Gasteiger partial charge in [-0.05, 0) is 75.5 Å². The van der Waals surface area contributed by atoms with E-state index in [1.165, 1.54) is 44.2 Å². The lowest BCUT2D eigenvalue weighted by atomic mass is 9.77. The second kappa shape index (κ2) is 15.7. The number of nitrogens with one attached hydrogen (secondary N) is 2. The van der Waals surface area contributed by atoms with Gasteiger partial charge in [-0.25, -0.2) is 4.79 Å². The molecule has 0 saturated carbocycles. The summed E-state index contributed by atoms with van der Waals surface area (Å²) in [5.74, 6) is 1.44. The summed E-state index contributed by atoms with van der Waals surface area (Å²) in [6.07, 6.45) is -1.48. The number of halogens is 5. The predicted molar refractivity (Wildman–Crippen MR) is 185 cm³/mol. The van der Waals surface area contributed by atoms with Crippen LogP contribution in [0.25, 0.3) is 0 Å². The Kier molecular flexibility index (Phi) is 11.6. The number of urea groups is 1. The summed E-state index contributed by atoms with van der Waals surface area (Å²) in [6, 6.07) is 10.1. The monoisotopic (exact) mass is 721 g/mol. The van der Waals surface area contributed by atoms with Gasteiger partial charge in [0, 0.05) is 36.8 Å². The van der Waals surface area contributed by atoms with Crippen molar-refractivity contribution in [3.8, 4) is 17.2 Å². The fourth-order valence-electron chi connectivity index (χ4n) is 5.62. The molecule has 15 heteroatoms. The van der Waals surface area contributed by atoms with Crippen molar-refractivity contribution >= 4 is 58.9 Å². The summed E-state index contributed by atoms with van der Waals surface area (Å²) < 4.78 is 62.7. The zero-order valence-electron chi connectivity index (χ0n) is 27.0. The number of alkyl halides is 3. The van der Waals surface area contributed by atoms with E-state index in [2.05, 4.69) is 32.2 Å². The minimum Gasteiger partial charge on any atom is -0.493 e. The number of hydrogen-bond donors (Lipinski definition) is 2. The van der Waals surface area contributed by atoms with Crippen molar-refractivity contribution in [1.82, 2.24) is 4.90 Å². The van der Waals surface area contributed by atoms with Crippen LogP contribution < -0.4 is 24.8 Å². The maximum Gasteiger partial charge on any atom is 0.417 e. The summed E-state index contributed by atoms with van der Waals surface area (Å²) in [5, 5.41) is 4.45. The highest BCUT2D eigenvalue weighted by Gasteiger charge is 2.41. The minimum atomic E-state index is -4.68. The van der Waals surface area contributed by atoms with Crippen molar-refractivity contribution in [2.24, 2.45) is 15.4 Å². The Morgan fingerprint density at radius 2 is 1.80 bits per heavy atom. The lowest BCUT2D eigenvalue weighted by Gasteiger charge is -2.47. The SMILES string of the molecule is C=Nc1cc(OCCCN2CCC3(CC2)COC3)c(OC)cc1/C(=N\C)Oc1ccc(NC(=O)Nc2ccc(Cl)c(C(F)(F)F)c2)c(Cl)c1. The molecule has 0 radical (unpaired) electrons. The van der Waals surface area contributed by atoms with Crippen LogP contribution in [-0.4, -0.2) is 77.2 Å². The van der Waals surface area contributed by atoms with E-state index in [1.807, 2.05) is 0 Å². The van der Waals surface area contributed by atoms with Crippen LogP contribution >= 0.6 is 23.2 Å². The molecule has 3 aromatic carbocycles. The third-order valence-corrected chi connectivity index (χ3v) is 9.07. The van der Waals surface area contributed by atoms with Gasteiger partial charge in [0.05, 0.1) is 59.5 Å². The van der Waals surface area contributed by atoms with Crippen LogP contribution in [0, 0.1) is 5.41 Å². The van der Waals surface area contributed by atoms with Crippen molar-refractivity contribution in [3.63, 3.8) is 0 Å². The van der Waals surface area contributed by atoms with Crippen molar-refractivity contribution in [2.45, 2.75) is 25.4 Å². The highest BCUT2D eigenvalue weighted by molar-refractivity contribution is 6.34. The first kappa shape index (κ1) is 36.2. The van der Waals surface area contributed by atoms with E-state index in [-0.39, 0.29) is 28.0 Å². The van der Waals surface area contributed by atoms with Crippen LogP contribution in [-0.2, 0) is 10.9 Å². The van der Waals surface area contributed by atoms with Gasteiger partial charge in [0.25, 0.3) is 0 Å². The Morgan fingerprint density at radius 3 is 2.41 bits per heavy atom. The summed E-state index contributed by atoms with van der Waals surface area (Å²) in [7, 11) is 3.08. The van der Waals surface area contributed by atoms with Gasteiger partial charge >= 0.3 is 12.2 Å². The molecule has 2 saturated heterocycles. The Labute approximate surface area is 292 Å². The Bertz CT molecular complexity index is 1710. The number of likely N-dealkylation sites (tertiary alicyclic amines) is 1. The second-order valence-electron chi connectivity index (χ2n) is 11.8. The van der Waals surface area contributed by atoms with Gasteiger partial charge in [-0.1, -0.05) is 23.2 Å². The first-order valence-corrected chi connectivity index (χ1v) is 16.2. The number of rotatable bonds is 11. The standard InChI is InChI=1S/C34H36Cl2F3N5O5/c1-40-28-18-30(48-14-4-11-44-12-9-33(10-13-44)19-47-20-33)29(46-3)17-23(28)31(41-2)49-22-6-8-27(26(36)16-22)43-32(45)42-21-5-7-25(35)24(15-21)34(37,38)39/h5-8,15-18H,1,4,9-14,19-20H2,2-3H3,(H2,42,43,45)/b41-31+. The van der Waals surface area contributed by atoms with Crippen LogP contribution in [0.1, 0.15) is 30.4 Å². The maximum absolute atomic E-state index is 13.2. The Balaban J connectivity index is 1.19. The summed E-state index contributed by atoms with van der Waals surface area (Å²) in [5.41, 5.74) is 0.349. The molecule has 49 heavy (non-hydrogen) atoms. The molecule has 0 aromatic heterocycles. The number of methoxy groups -OCH3 is 1. The number of piperidine rings is 1. The number of nitrogens with zero attached hydrogens (tertiary/aromatic N) is 3. The van der Waals surface area contributed by atoms with E-state index in [9.17, 15) is 18.0 Å². The number of benzene rings is 3. The van der Waals surface area contributed by atoms with E-state index >= 15 is 0 Å². The molecular formula is C34H36Cl2F3N5O5. The predicted octanol–water partition coefficient (Wildman–Crippen LogP) is 8.33. The van der Waals surface area contributed by atoms with Crippen LogP contribution in [0.2, 0.25) is 10.0 Å². The molecule has 2 N–H and O–H groups in total. The highest BCUT2D eigenvalue weighted by atomic mass is 35.5. The number of hydrogen-bond acceptors (Lipinski definition) is 8. The van der Waals surface area contributed by atoms with Crippen LogP contribution in [0.3, 0.4) is 0 Å². The molecule has 2 aliphatic rings. The van der Waals surface area contributed by atoms with Gasteiger partial charge in [0.1, 0.15) is 5.75 Å². The highest BCUT2D eigenvalue weighted by Crippen LogP contribution is 2.39. The number of carbonyl (C=O) groups is 1. The van der Waals surface area contributed by atoms with Gasteiger partial charge in [0.15, 0.2) is 11.5 Å². The molecular weight excluding hydrogens is 686 g/mol. The van der Waals surface area contributed by atoms with Crippen LogP contribution in [0.15, 0.2) is 58.5 Å². The molecule has 2 fully saturated rings. The average molecular weight is 723 g/mol. The molecule has 5 rings (SSSR count). The third kappa shape index (κ3) is 8.96. The summed E-state index contributed by atoms with van der Waals surface area (Å²) in [4.78, 5) is 23.4. The first-order valence-electron chi connectivity index (χ1n) is 15.4.